The lowest BCUT2D eigenvalue weighted by Crippen LogP contribution is -2.38. The Morgan fingerprint density at radius 3 is 1.78 bits per heavy atom. The normalized spacial score (nSPS) is 15.2. The van der Waals surface area contributed by atoms with Crippen LogP contribution < -0.4 is 0 Å². The summed E-state index contributed by atoms with van der Waals surface area (Å²) in [5, 5.41) is 0.379. The maximum absolute atomic E-state index is 12.1. The summed E-state index contributed by atoms with van der Waals surface area (Å²) in [4.78, 5) is 63.8. The highest BCUT2D eigenvalue weighted by Crippen LogP contribution is 2.14. The highest BCUT2D eigenvalue weighted by atomic mass is 16.7. The molecule has 1 fully saturated rings. The molecule has 1 aliphatic rings. The summed E-state index contributed by atoms with van der Waals surface area (Å²) in [6.45, 7) is 4.83. The van der Waals surface area contributed by atoms with Gasteiger partial charge in [0.15, 0.2) is 12.2 Å². The van der Waals surface area contributed by atoms with Crippen LogP contribution in [0.4, 0.5) is 0 Å². The molecule has 9 heteroatoms. The zero-order valence-corrected chi connectivity index (χ0v) is 22.8. The molecule has 0 spiro atoms. The topological polar surface area (TPSA) is 116 Å². The van der Waals surface area contributed by atoms with Crippen molar-refractivity contribution < 1.29 is 38.3 Å². The molecular formula is C28H45NO8. The fourth-order valence-electron chi connectivity index (χ4n) is 3.78. The number of esters is 2. The van der Waals surface area contributed by atoms with Crippen LogP contribution in [0.15, 0.2) is 12.2 Å². The van der Waals surface area contributed by atoms with Gasteiger partial charge in [0, 0.05) is 19.3 Å². The third-order valence-corrected chi connectivity index (χ3v) is 6.09. The number of nitrogens with zero attached hydrogens (tertiary/aromatic N) is 1. The summed E-state index contributed by atoms with van der Waals surface area (Å²) in [7, 11) is 0. The number of carbonyl (C=O) groups is 5. The molecule has 1 aliphatic heterocycles. The fraction of sp³-hybridized carbons (Fsp3) is 0.750. The van der Waals surface area contributed by atoms with Crippen LogP contribution in [0.2, 0.25) is 0 Å². The molecule has 37 heavy (non-hydrogen) atoms. The SMILES string of the molecule is CCCCCCCC/C=C\CCCCCCCC(=O)O[C@@H](C)C(=O)O[C@@H](C)C(=O)ON1C(=O)CCC1=O. The number of hydroxylamine groups is 2. The van der Waals surface area contributed by atoms with Crippen molar-refractivity contribution in [2.45, 2.75) is 136 Å². The number of allylic oxidation sites excluding steroid dienone is 2. The second-order valence-corrected chi connectivity index (χ2v) is 9.54. The quantitative estimate of drug-likeness (QED) is 0.0889. The Morgan fingerprint density at radius 1 is 0.730 bits per heavy atom. The predicted octanol–water partition coefficient (Wildman–Crippen LogP) is 5.49. The lowest BCUT2D eigenvalue weighted by molar-refractivity contribution is -0.206. The molecule has 1 rings (SSSR count). The molecule has 0 saturated carbocycles. The van der Waals surface area contributed by atoms with E-state index in [-0.39, 0.29) is 19.3 Å². The minimum atomic E-state index is -1.37. The first-order valence-electron chi connectivity index (χ1n) is 13.9. The van der Waals surface area contributed by atoms with Crippen LogP contribution in [0.25, 0.3) is 0 Å². The zero-order chi connectivity index (χ0) is 27.5. The summed E-state index contributed by atoms with van der Waals surface area (Å²) in [6.07, 6.45) is 17.2. The number of rotatable bonds is 20. The van der Waals surface area contributed by atoms with Crippen LogP contribution in [-0.4, -0.2) is 47.0 Å². The molecule has 0 N–H and O–H groups in total. The number of hydrogen-bond acceptors (Lipinski definition) is 8. The van der Waals surface area contributed by atoms with Crippen LogP contribution in [0.3, 0.4) is 0 Å². The van der Waals surface area contributed by atoms with Gasteiger partial charge in [0.2, 0.25) is 0 Å². The van der Waals surface area contributed by atoms with Crippen LogP contribution in [0.1, 0.15) is 124 Å². The summed E-state index contributed by atoms with van der Waals surface area (Å²) in [5.74, 6) is -3.75. The van der Waals surface area contributed by atoms with Gasteiger partial charge in [0.25, 0.3) is 11.8 Å². The van der Waals surface area contributed by atoms with E-state index < -0.39 is 41.9 Å². The molecule has 0 bridgehead atoms. The van der Waals surface area contributed by atoms with Gasteiger partial charge in [-0.1, -0.05) is 70.4 Å². The summed E-state index contributed by atoms with van der Waals surface area (Å²) < 4.78 is 10.0. The molecule has 1 heterocycles. The molecule has 0 unspecified atom stereocenters. The minimum absolute atomic E-state index is 0.0377. The van der Waals surface area contributed by atoms with Crippen LogP contribution in [-0.2, 0) is 38.3 Å². The Balaban J connectivity index is 2.06. The molecule has 1 saturated heterocycles. The number of amides is 2. The van der Waals surface area contributed by atoms with Crippen molar-refractivity contribution >= 4 is 29.7 Å². The summed E-state index contributed by atoms with van der Waals surface area (Å²) >= 11 is 0. The van der Waals surface area contributed by atoms with Gasteiger partial charge in [0.1, 0.15) is 0 Å². The molecular weight excluding hydrogens is 478 g/mol. The highest BCUT2D eigenvalue weighted by molar-refractivity contribution is 6.01. The molecule has 9 nitrogen and oxygen atoms in total. The van der Waals surface area contributed by atoms with Gasteiger partial charge in [-0.25, -0.2) is 9.59 Å². The standard InChI is InChI=1S/C28H45NO8/c1-4-5-6-7-8-9-10-11-12-13-14-15-16-17-18-19-26(32)35-22(2)27(33)36-23(3)28(34)37-29-24(30)20-21-25(29)31/h11-12,22-23H,4-10,13-21H2,1-3H3/b12-11-/t22-,23-/m0/s1. The second kappa shape index (κ2) is 19.4. The van der Waals surface area contributed by atoms with E-state index in [1.807, 2.05) is 0 Å². The van der Waals surface area contributed by atoms with E-state index in [1.54, 1.807) is 0 Å². The Morgan fingerprint density at radius 2 is 1.22 bits per heavy atom. The minimum Gasteiger partial charge on any atom is -0.451 e. The molecule has 2 atom stereocenters. The number of ether oxygens (including phenoxy) is 2. The van der Waals surface area contributed by atoms with E-state index in [0.717, 1.165) is 32.1 Å². The third kappa shape index (κ3) is 14.6. The second-order valence-electron chi connectivity index (χ2n) is 9.54. The molecule has 0 radical (unpaired) electrons. The Labute approximate surface area is 221 Å². The number of carbonyl (C=O) groups excluding carboxylic acids is 5. The average Bonchev–Trinajstić information content (AvgIpc) is 3.18. The fourth-order valence-corrected chi connectivity index (χ4v) is 3.78. The third-order valence-electron chi connectivity index (χ3n) is 6.09. The molecule has 0 aliphatic carbocycles. The van der Waals surface area contributed by atoms with Gasteiger partial charge < -0.3 is 14.3 Å². The predicted molar refractivity (Wildman–Crippen MR) is 138 cm³/mol. The zero-order valence-electron chi connectivity index (χ0n) is 22.8. The highest BCUT2D eigenvalue weighted by Gasteiger charge is 2.35. The van der Waals surface area contributed by atoms with Gasteiger partial charge in [-0.2, -0.15) is 0 Å². The molecule has 2 amide bonds. The van der Waals surface area contributed by atoms with Gasteiger partial charge >= 0.3 is 17.9 Å². The van der Waals surface area contributed by atoms with Crippen molar-refractivity contribution in [1.29, 1.82) is 0 Å². The lowest BCUT2D eigenvalue weighted by atomic mass is 10.1. The smallest absolute Gasteiger partial charge is 0.373 e. The molecule has 210 valence electrons. The van der Waals surface area contributed by atoms with E-state index in [1.165, 1.54) is 58.8 Å². The van der Waals surface area contributed by atoms with Gasteiger partial charge in [-0.3, -0.25) is 14.4 Å². The van der Waals surface area contributed by atoms with Crippen molar-refractivity contribution in [2.75, 3.05) is 0 Å². The first kappa shape index (κ1) is 32.3. The number of hydrogen-bond donors (Lipinski definition) is 0. The Bertz CT molecular complexity index is 747. The van der Waals surface area contributed by atoms with E-state index in [0.29, 0.717) is 11.5 Å². The maximum atomic E-state index is 12.1. The van der Waals surface area contributed by atoms with Gasteiger partial charge in [-0.15, -0.1) is 5.06 Å². The largest absolute Gasteiger partial charge is 0.451 e. The van der Waals surface area contributed by atoms with Crippen LogP contribution >= 0.6 is 0 Å². The summed E-state index contributed by atoms with van der Waals surface area (Å²) in [5.41, 5.74) is 0. The lowest BCUT2D eigenvalue weighted by Gasteiger charge is -2.18. The van der Waals surface area contributed by atoms with Crippen LogP contribution in [0, 0.1) is 0 Å². The van der Waals surface area contributed by atoms with Crippen LogP contribution in [0.5, 0.6) is 0 Å². The number of imide groups is 1. The Hall–Kier alpha value is -2.71. The maximum Gasteiger partial charge on any atom is 0.373 e. The van der Waals surface area contributed by atoms with E-state index >= 15 is 0 Å². The van der Waals surface area contributed by atoms with Crippen molar-refractivity contribution in [3.05, 3.63) is 12.2 Å². The Kier molecular flexibility index (Phi) is 17.0. The van der Waals surface area contributed by atoms with Crippen molar-refractivity contribution in [3.8, 4) is 0 Å². The summed E-state index contributed by atoms with van der Waals surface area (Å²) in [6, 6.07) is 0. The van der Waals surface area contributed by atoms with E-state index in [2.05, 4.69) is 19.1 Å². The first-order chi connectivity index (χ1) is 17.8. The average molecular weight is 524 g/mol. The van der Waals surface area contributed by atoms with E-state index in [4.69, 9.17) is 14.3 Å². The van der Waals surface area contributed by atoms with E-state index in [9.17, 15) is 24.0 Å². The monoisotopic (exact) mass is 523 g/mol. The van der Waals surface area contributed by atoms with Gasteiger partial charge in [0.05, 0.1) is 0 Å². The molecule has 0 aromatic rings. The molecule has 0 aromatic heterocycles. The van der Waals surface area contributed by atoms with Gasteiger partial charge in [-0.05, 0) is 46.0 Å². The van der Waals surface area contributed by atoms with Crippen molar-refractivity contribution in [2.24, 2.45) is 0 Å². The van der Waals surface area contributed by atoms with Crippen molar-refractivity contribution in [1.82, 2.24) is 5.06 Å². The van der Waals surface area contributed by atoms with Crippen molar-refractivity contribution in [3.63, 3.8) is 0 Å². The first-order valence-corrected chi connectivity index (χ1v) is 13.9. The number of unbranched alkanes of at least 4 members (excludes halogenated alkanes) is 11. The molecule has 0 aromatic carbocycles.